The predicted octanol–water partition coefficient (Wildman–Crippen LogP) is 2.41. The number of hydrogen-bond donors (Lipinski definition) is 0. The van der Waals surface area contributed by atoms with Crippen LogP contribution in [0.2, 0.25) is 0 Å². The number of hydrogen-bond acceptors (Lipinski definition) is 5. The number of nitro groups is 1. The zero-order valence-corrected chi connectivity index (χ0v) is 8.84. The molecule has 2 aromatic rings. The smallest absolute Gasteiger partial charge is 0.285 e. The van der Waals surface area contributed by atoms with Crippen molar-refractivity contribution >= 4 is 21.6 Å². The molecule has 0 bridgehead atoms. The largest absolute Gasteiger partial charge is 0.411 e. The maximum Gasteiger partial charge on any atom is 0.285 e. The number of benzene rings is 1. The Hall–Kier alpha value is -1.76. The summed E-state index contributed by atoms with van der Waals surface area (Å²) < 4.78 is 5.05. The first-order chi connectivity index (χ1) is 7.18. The van der Waals surface area contributed by atoms with Gasteiger partial charge in [0.15, 0.2) is 0 Å². The van der Waals surface area contributed by atoms with Gasteiger partial charge in [-0.2, -0.15) is 0 Å². The third kappa shape index (κ3) is 1.86. The van der Waals surface area contributed by atoms with Gasteiger partial charge in [-0.05, 0) is 6.07 Å². The van der Waals surface area contributed by atoms with E-state index < -0.39 is 4.92 Å². The van der Waals surface area contributed by atoms with Crippen molar-refractivity contribution < 1.29 is 9.34 Å². The molecule has 0 aliphatic heterocycles. The summed E-state index contributed by atoms with van der Waals surface area (Å²) in [4.78, 5) is 10.4. The highest BCUT2D eigenvalue weighted by molar-refractivity contribution is 9.10. The Morgan fingerprint density at radius 2 is 2.07 bits per heavy atom. The summed E-state index contributed by atoms with van der Waals surface area (Å²) >= 11 is 2.98. The van der Waals surface area contributed by atoms with Crippen LogP contribution in [0.4, 0.5) is 5.69 Å². The van der Waals surface area contributed by atoms with Gasteiger partial charge in [0.05, 0.1) is 4.92 Å². The molecule has 6 nitrogen and oxygen atoms in total. The number of aromatic nitrogens is 2. The van der Waals surface area contributed by atoms with Crippen molar-refractivity contribution in [2.75, 3.05) is 0 Å². The Morgan fingerprint density at radius 3 is 2.67 bits per heavy atom. The molecule has 0 saturated heterocycles. The maximum absolute atomic E-state index is 10.7. The second kappa shape index (κ2) is 3.77. The van der Waals surface area contributed by atoms with Crippen molar-refractivity contribution in [3.63, 3.8) is 0 Å². The quantitative estimate of drug-likeness (QED) is 0.618. The van der Waals surface area contributed by atoms with E-state index in [0.717, 1.165) is 0 Å². The van der Waals surface area contributed by atoms with Gasteiger partial charge in [0.1, 0.15) is 5.56 Å². The lowest BCUT2D eigenvalue weighted by molar-refractivity contribution is -0.384. The Kier molecular flexibility index (Phi) is 2.46. The number of nitro benzene ring substituents is 1. The van der Waals surface area contributed by atoms with Gasteiger partial charge in [-0.15, -0.1) is 10.2 Å². The van der Waals surface area contributed by atoms with Crippen LogP contribution in [0.1, 0.15) is 0 Å². The summed E-state index contributed by atoms with van der Waals surface area (Å²) in [6.07, 6.45) is 0. The van der Waals surface area contributed by atoms with E-state index in [2.05, 4.69) is 26.1 Å². The molecule has 15 heavy (non-hydrogen) atoms. The van der Waals surface area contributed by atoms with Crippen molar-refractivity contribution in [2.45, 2.75) is 0 Å². The molecule has 76 valence electrons. The Bertz CT molecular complexity index is 511. The van der Waals surface area contributed by atoms with Crippen molar-refractivity contribution in [1.29, 1.82) is 0 Å². The van der Waals surface area contributed by atoms with Gasteiger partial charge < -0.3 is 4.42 Å². The van der Waals surface area contributed by atoms with Crippen molar-refractivity contribution in [1.82, 2.24) is 10.2 Å². The fraction of sp³-hybridized carbons (Fsp3) is 0. The fourth-order valence-corrected chi connectivity index (χ4v) is 1.36. The van der Waals surface area contributed by atoms with E-state index in [4.69, 9.17) is 4.42 Å². The first kappa shape index (κ1) is 9.78. The Morgan fingerprint density at radius 1 is 1.33 bits per heavy atom. The van der Waals surface area contributed by atoms with E-state index in [0.29, 0.717) is 5.56 Å². The zero-order chi connectivity index (χ0) is 10.8. The molecule has 0 unspecified atom stereocenters. The van der Waals surface area contributed by atoms with Crippen molar-refractivity contribution in [3.05, 3.63) is 39.2 Å². The number of nitrogens with zero attached hydrogens (tertiary/aromatic N) is 3. The molecule has 1 aromatic carbocycles. The highest BCUT2D eigenvalue weighted by Crippen LogP contribution is 2.28. The van der Waals surface area contributed by atoms with E-state index in [9.17, 15) is 10.1 Å². The van der Waals surface area contributed by atoms with Crippen LogP contribution in [0.15, 0.2) is 33.5 Å². The Balaban J connectivity index is 2.57. The van der Waals surface area contributed by atoms with Gasteiger partial charge in [-0.25, -0.2) is 0 Å². The third-order valence-electron chi connectivity index (χ3n) is 1.73. The minimum absolute atomic E-state index is 0.0614. The third-order valence-corrected chi connectivity index (χ3v) is 2.05. The average molecular weight is 270 g/mol. The standard InChI is InChI=1S/C8H4BrN3O3/c9-8-11-10-7(15-8)5-3-1-2-4-6(5)12(13)14/h1-4H. The maximum atomic E-state index is 10.7. The minimum Gasteiger partial charge on any atom is -0.411 e. The van der Waals surface area contributed by atoms with Crippen LogP contribution in [0.25, 0.3) is 11.5 Å². The monoisotopic (exact) mass is 269 g/mol. The average Bonchev–Trinajstić information content (AvgIpc) is 2.65. The van der Waals surface area contributed by atoms with Gasteiger partial charge in [0.2, 0.25) is 0 Å². The molecule has 0 N–H and O–H groups in total. The van der Waals surface area contributed by atoms with Gasteiger partial charge in [0.25, 0.3) is 16.4 Å². The fourth-order valence-electron chi connectivity index (χ4n) is 1.13. The van der Waals surface area contributed by atoms with E-state index in [1.165, 1.54) is 6.07 Å². The summed E-state index contributed by atoms with van der Waals surface area (Å²) in [5, 5.41) is 17.9. The van der Waals surface area contributed by atoms with Gasteiger partial charge in [-0.1, -0.05) is 12.1 Å². The number of halogens is 1. The molecule has 0 atom stereocenters. The van der Waals surface area contributed by atoms with Crippen molar-refractivity contribution in [3.8, 4) is 11.5 Å². The molecule has 1 heterocycles. The van der Waals surface area contributed by atoms with Crippen molar-refractivity contribution in [2.24, 2.45) is 0 Å². The van der Waals surface area contributed by atoms with Gasteiger partial charge in [0, 0.05) is 22.0 Å². The highest BCUT2D eigenvalue weighted by Gasteiger charge is 2.18. The van der Waals surface area contributed by atoms with Crippen LogP contribution < -0.4 is 0 Å². The normalized spacial score (nSPS) is 10.2. The van der Waals surface area contributed by atoms with Crippen LogP contribution in [0.3, 0.4) is 0 Å². The molecular formula is C8H4BrN3O3. The van der Waals surface area contributed by atoms with Crippen LogP contribution in [-0.4, -0.2) is 15.1 Å². The van der Waals surface area contributed by atoms with E-state index in [-0.39, 0.29) is 16.4 Å². The summed E-state index contributed by atoms with van der Waals surface area (Å²) in [6, 6.07) is 6.18. The first-order valence-corrected chi connectivity index (χ1v) is 4.70. The van der Waals surface area contributed by atoms with E-state index in [1.807, 2.05) is 0 Å². The van der Waals surface area contributed by atoms with Gasteiger partial charge >= 0.3 is 0 Å². The zero-order valence-electron chi connectivity index (χ0n) is 7.25. The van der Waals surface area contributed by atoms with Crippen LogP contribution in [0, 0.1) is 10.1 Å². The number of rotatable bonds is 2. The molecular weight excluding hydrogens is 266 g/mol. The first-order valence-electron chi connectivity index (χ1n) is 3.91. The SMILES string of the molecule is O=[N+]([O-])c1ccccc1-c1nnc(Br)o1. The lowest BCUT2D eigenvalue weighted by atomic mass is 10.2. The molecule has 0 spiro atoms. The van der Waals surface area contributed by atoms with E-state index in [1.54, 1.807) is 18.2 Å². The lowest BCUT2D eigenvalue weighted by Gasteiger charge is -1.95. The molecule has 0 saturated carbocycles. The summed E-state index contributed by atoms with van der Waals surface area (Å²) in [7, 11) is 0. The molecule has 0 fully saturated rings. The van der Waals surface area contributed by atoms with Gasteiger partial charge in [-0.3, -0.25) is 10.1 Å². The molecule has 7 heteroatoms. The van der Waals surface area contributed by atoms with Crippen LogP contribution in [-0.2, 0) is 0 Å². The predicted molar refractivity (Wildman–Crippen MR) is 54.1 cm³/mol. The minimum atomic E-state index is -0.493. The topological polar surface area (TPSA) is 82.1 Å². The van der Waals surface area contributed by atoms with Crippen LogP contribution >= 0.6 is 15.9 Å². The summed E-state index contributed by atoms with van der Waals surface area (Å²) in [5.74, 6) is 0.120. The Labute approximate surface area is 92.2 Å². The summed E-state index contributed by atoms with van der Waals surface area (Å²) in [6.45, 7) is 0. The molecule has 1 aromatic heterocycles. The van der Waals surface area contributed by atoms with E-state index >= 15 is 0 Å². The summed E-state index contributed by atoms with van der Waals surface area (Å²) in [5.41, 5.74) is 0.245. The molecule has 0 amide bonds. The molecule has 0 aliphatic rings. The lowest BCUT2D eigenvalue weighted by Crippen LogP contribution is -1.91. The molecule has 0 radical (unpaired) electrons. The molecule has 0 aliphatic carbocycles. The van der Waals surface area contributed by atoms with Crippen LogP contribution in [0.5, 0.6) is 0 Å². The second-order valence-corrected chi connectivity index (χ2v) is 3.31. The second-order valence-electron chi connectivity index (χ2n) is 2.63. The highest BCUT2D eigenvalue weighted by atomic mass is 79.9. The number of para-hydroxylation sites is 1. The molecule has 2 rings (SSSR count).